The lowest BCUT2D eigenvalue weighted by Gasteiger charge is -2.33. The van der Waals surface area contributed by atoms with Crippen LogP contribution >= 0.6 is 0 Å². The first kappa shape index (κ1) is 38.0. The van der Waals surface area contributed by atoms with Crippen LogP contribution in [0.4, 0.5) is 39.5 Å². The second-order valence-electron chi connectivity index (χ2n) is 11.8. The van der Waals surface area contributed by atoms with E-state index >= 15 is 0 Å². The maximum atomic E-state index is 13.7. The fourth-order valence-electron chi connectivity index (χ4n) is 4.99. The lowest BCUT2D eigenvalue weighted by Crippen LogP contribution is -2.60. The number of carbonyl (C=O) groups is 1. The van der Waals surface area contributed by atoms with E-state index in [4.69, 9.17) is 9.47 Å². The third-order valence-electron chi connectivity index (χ3n) is 7.90. The first-order valence-electron chi connectivity index (χ1n) is 15.6. The minimum absolute atomic E-state index is 0.138. The van der Waals surface area contributed by atoms with Gasteiger partial charge in [0.05, 0.1) is 18.3 Å². The van der Waals surface area contributed by atoms with Crippen molar-refractivity contribution in [3.05, 3.63) is 77.4 Å². The Kier molecular flexibility index (Phi) is 13.0. The highest BCUT2D eigenvalue weighted by molar-refractivity contribution is 5.89. The van der Waals surface area contributed by atoms with E-state index in [0.717, 1.165) is 60.4 Å². The van der Waals surface area contributed by atoms with E-state index in [9.17, 15) is 44.3 Å². The third kappa shape index (κ3) is 10.0. The van der Waals surface area contributed by atoms with Crippen molar-refractivity contribution in [2.45, 2.75) is 108 Å². The molecule has 47 heavy (non-hydrogen) atoms. The van der Waals surface area contributed by atoms with Gasteiger partial charge in [-0.05, 0) is 91.6 Å². The molecule has 0 saturated carbocycles. The predicted octanol–water partition coefficient (Wildman–Crippen LogP) is 11.2. The van der Waals surface area contributed by atoms with Gasteiger partial charge in [-0.15, -0.1) is 0 Å². The molecule has 3 aromatic rings. The Balaban J connectivity index is 1.45. The lowest BCUT2D eigenvalue weighted by molar-refractivity contribution is -0.396. The minimum Gasteiger partial charge on any atom is -0.494 e. The highest BCUT2D eigenvalue weighted by Crippen LogP contribution is 2.54. The van der Waals surface area contributed by atoms with Gasteiger partial charge in [0.15, 0.2) is 0 Å². The minimum atomic E-state index is -6.88. The van der Waals surface area contributed by atoms with Crippen LogP contribution in [0.2, 0.25) is 0 Å². The average molecular weight is 679 g/mol. The number of unbranched alkanes of at least 4 members (excludes halogenated alkanes) is 4. The molecule has 0 aliphatic heterocycles. The molecule has 0 aliphatic carbocycles. The van der Waals surface area contributed by atoms with Crippen molar-refractivity contribution in [3.63, 3.8) is 0 Å². The van der Waals surface area contributed by atoms with Crippen molar-refractivity contribution < 1.29 is 53.8 Å². The molecule has 0 aromatic heterocycles. The van der Waals surface area contributed by atoms with Crippen LogP contribution in [0.5, 0.6) is 5.75 Å². The van der Waals surface area contributed by atoms with E-state index in [-0.39, 0.29) is 25.1 Å². The van der Waals surface area contributed by atoms with Gasteiger partial charge in [0, 0.05) is 6.42 Å². The van der Waals surface area contributed by atoms with Crippen LogP contribution in [-0.2, 0) is 17.6 Å². The standard InChI is InChI=1S/C35H39F9O3/c1-3-4-5-6-9-24(2)47-31(45)27-15-12-25(13-16-27)10-11-26-14-17-29-23-30(19-18-28(29)22-26)46-21-8-7-20-32(36,37)33(38,39)34(40,41)35(42,43)44/h12-19,22-24H,3-11,20-21H2,1-2H3. The van der Waals surface area contributed by atoms with E-state index in [1.807, 2.05) is 37.3 Å². The molecule has 0 amide bonds. The number of hydrogen-bond donors (Lipinski definition) is 0. The Morgan fingerprint density at radius 1 is 0.702 bits per heavy atom. The Bertz CT molecular complexity index is 1440. The Morgan fingerprint density at radius 2 is 1.32 bits per heavy atom. The fourth-order valence-corrected chi connectivity index (χ4v) is 4.99. The van der Waals surface area contributed by atoms with Crippen molar-refractivity contribution >= 4 is 16.7 Å². The highest BCUT2D eigenvalue weighted by Gasteiger charge is 2.81. The number of benzene rings is 3. The molecular weight excluding hydrogens is 639 g/mol. The van der Waals surface area contributed by atoms with Gasteiger partial charge in [0.25, 0.3) is 0 Å². The highest BCUT2D eigenvalue weighted by atomic mass is 19.4. The van der Waals surface area contributed by atoms with Crippen molar-refractivity contribution in [1.82, 2.24) is 0 Å². The van der Waals surface area contributed by atoms with Crippen LogP contribution in [0.1, 0.15) is 86.7 Å². The second-order valence-corrected chi connectivity index (χ2v) is 11.8. The normalized spacial score (nSPS) is 13.5. The number of fused-ring (bicyclic) bond motifs is 1. The fraction of sp³-hybridized carbons (Fsp3) is 0.514. The van der Waals surface area contributed by atoms with Crippen LogP contribution in [-0.4, -0.2) is 42.6 Å². The van der Waals surface area contributed by atoms with Crippen molar-refractivity contribution in [2.75, 3.05) is 6.61 Å². The summed E-state index contributed by atoms with van der Waals surface area (Å²) in [7, 11) is 0. The number of esters is 1. The van der Waals surface area contributed by atoms with Gasteiger partial charge >= 0.3 is 29.9 Å². The number of hydrogen-bond acceptors (Lipinski definition) is 3. The molecule has 3 nitrogen and oxygen atoms in total. The second kappa shape index (κ2) is 16.1. The molecule has 0 saturated heterocycles. The largest absolute Gasteiger partial charge is 0.494 e. The molecule has 1 atom stereocenters. The number of aryl methyl sites for hydroxylation is 2. The van der Waals surface area contributed by atoms with E-state index in [2.05, 4.69) is 6.92 Å². The lowest BCUT2D eigenvalue weighted by atomic mass is 9.99. The molecule has 260 valence electrons. The predicted molar refractivity (Wildman–Crippen MR) is 162 cm³/mol. The van der Waals surface area contributed by atoms with Gasteiger partial charge in [-0.25, -0.2) is 4.79 Å². The summed E-state index contributed by atoms with van der Waals surface area (Å²) in [6.07, 6.45) is -3.10. The Hall–Kier alpha value is -3.44. The smallest absolute Gasteiger partial charge is 0.460 e. The quantitative estimate of drug-likeness (QED) is 0.0763. The molecule has 0 N–H and O–H groups in total. The zero-order valence-electron chi connectivity index (χ0n) is 26.3. The molecule has 12 heteroatoms. The van der Waals surface area contributed by atoms with Gasteiger partial charge in [0.1, 0.15) is 5.75 Å². The third-order valence-corrected chi connectivity index (χ3v) is 7.90. The first-order chi connectivity index (χ1) is 22.0. The Morgan fingerprint density at radius 3 is 1.98 bits per heavy atom. The summed E-state index contributed by atoms with van der Waals surface area (Å²) in [5.74, 6) is -19.0. The number of ether oxygens (including phenoxy) is 2. The summed E-state index contributed by atoms with van der Waals surface area (Å²) in [5, 5.41) is 1.69. The van der Waals surface area contributed by atoms with E-state index in [0.29, 0.717) is 11.3 Å². The van der Waals surface area contributed by atoms with E-state index in [1.165, 1.54) is 6.42 Å². The first-order valence-corrected chi connectivity index (χ1v) is 15.6. The zero-order valence-corrected chi connectivity index (χ0v) is 26.3. The molecule has 0 heterocycles. The van der Waals surface area contributed by atoms with Gasteiger partial charge < -0.3 is 9.47 Å². The molecule has 0 aliphatic rings. The molecule has 3 aromatic carbocycles. The van der Waals surface area contributed by atoms with Gasteiger partial charge in [-0.2, -0.15) is 39.5 Å². The molecule has 0 spiro atoms. The van der Waals surface area contributed by atoms with Crippen molar-refractivity contribution in [1.29, 1.82) is 0 Å². The SMILES string of the molecule is CCCCCCC(C)OC(=O)c1ccc(CCc2ccc3cc(OCCCCC(F)(F)C(F)(F)C(F)(F)C(F)(F)F)ccc3c2)cc1. The van der Waals surface area contributed by atoms with Crippen LogP contribution in [0.25, 0.3) is 10.8 Å². The summed E-state index contributed by atoms with van der Waals surface area (Å²) < 4.78 is 128. The topological polar surface area (TPSA) is 35.5 Å². The molecule has 3 rings (SSSR count). The maximum Gasteiger partial charge on any atom is 0.460 e. The molecule has 0 radical (unpaired) electrons. The van der Waals surface area contributed by atoms with Gasteiger partial charge in [0.2, 0.25) is 0 Å². The summed E-state index contributed by atoms with van der Waals surface area (Å²) in [4.78, 5) is 12.5. The average Bonchev–Trinajstić information content (AvgIpc) is 3.01. The van der Waals surface area contributed by atoms with Crippen LogP contribution in [0.3, 0.4) is 0 Å². The molecular formula is C35H39F9O3. The summed E-state index contributed by atoms with van der Waals surface area (Å²) in [5.41, 5.74) is 2.61. The number of alkyl halides is 9. The Labute approximate surface area is 268 Å². The molecule has 0 fully saturated rings. The van der Waals surface area contributed by atoms with Crippen LogP contribution in [0.15, 0.2) is 60.7 Å². The summed E-state index contributed by atoms with van der Waals surface area (Å²) >= 11 is 0. The maximum absolute atomic E-state index is 13.7. The zero-order chi connectivity index (χ0) is 34.9. The number of halogens is 9. The summed E-state index contributed by atoms with van der Waals surface area (Å²) in [6, 6.07) is 18.2. The van der Waals surface area contributed by atoms with Gasteiger partial charge in [-0.1, -0.05) is 62.6 Å². The van der Waals surface area contributed by atoms with Crippen LogP contribution in [0, 0.1) is 0 Å². The number of rotatable bonds is 18. The van der Waals surface area contributed by atoms with E-state index in [1.54, 1.807) is 30.3 Å². The van der Waals surface area contributed by atoms with E-state index < -0.39 is 36.8 Å². The monoisotopic (exact) mass is 678 g/mol. The summed E-state index contributed by atoms with van der Waals surface area (Å²) in [6.45, 7) is 3.81. The van der Waals surface area contributed by atoms with Crippen molar-refractivity contribution in [2.24, 2.45) is 0 Å². The van der Waals surface area contributed by atoms with Crippen molar-refractivity contribution in [3.8, 4) is 5.75 Å². The number of carbonyl (C=O) groups excluding carboxylic acids is 1. The van der Waals surface area contributed by atoms with Crippen LogP contribution < -0.4 is 4.74 Å². The molecule has 1 unspecified atom stereocenters. The molecule has 0 bridgehead atoms. The van der Waals surface area contributed by atoms with Gasteiger partial charge in [-0.3, -0.25) is 0 Å².